The smallest absolute Gasteiger partial charge is 0.353 e. The minimum Gasteiger partial charge on any atom is -0.477 e. The van der Waals surface area contributed by atoms with Crippen LogP contribution in [-0.2, 0) is 6.54 Å². The number of halogens is 1. The lowest BCUT2D eigenvalue weighted by molar-refractivity contribution is 0.0685. The number of fused-ring (bicyclic) bond motifs is 1. The second kappa shape index (κ2) is 9.12. The largest absolute Gasteiger partial charge is 0.477 e. The van der Waals surface area contributed by atoms with E-state index in [1.165, 1.54) is 4.57 Å². The number of benzene rings is 4. The Morgan fingerprint density at radius 1 is 0.765 bits per heavy atom. The van der Waals surface area contributed by atoms with Crippen molar-refractivity contribution in [1.82, 2.24) is 4.57 Å². The number of aromatic nitrogens is 1. The number of aromatic carboxylic acids is 1. The van der Waals surface area contributed by atoms with Gasteiger partial charge >= 0.3 is 5.97 Å². The van der Waals surface area contributed by atoms with Crippen molar-refractivity contribution >= 4 is 32.7 Å². The van der Waals surface area contributed by atoms with Crippen LogP contribution in [-0.4, -0.2) is 15.6 Å². The maximum atomic E-state index is 13.7. The van der Waals surface area contributed by atoms with Crippen molar-refractivity contribution in [1.29, 1.82) is 0 Å². The zero-order chi connectivity index (χ0) is 23.7. The lowest BCUT2D eigenvalue weighted by Gasteiger charge is -2.19. The summed E-state index contributed by atoms with van der Waals surface area (Å²) in [5.41, 5.74) is 3.76. The molecule has 34 heavy (non-hydrogen) atoms. The molecule has 0 saturated carbocycles. The van der Waals surface area contributed by atoms with Crippen molar-refractivity contribution in [2.45, 2.75) is 6.54 Å². The minimum atomic E-state index is -1.14. The summed E-state index contributed by atoms with van der Waals surface area (Å²) in [5, 5.41) is 11.4. The second-order valence-electron chi connectivity index (χ2n) is 8.00. The Bertz CT molecular complexity index is 1570. The molecule has 0 aliphatic rings. The minimum absolute atomic E-state index is 0.0235. The van der Waals surface area contributed by atoms with Gasteiger partial charge in [0.2, 0.25) is 0 Å². The molecule has 1 aromatic heterocycles. The number of hydrogen-bond acceptors (Lipinski definition) is 2. The predicted octanol–water partition coefficient (Wildman–Crippen LogP) is 6.84. The molecule has 0 bridgehead atoms. The first-order valence-corrected chi connectivity index (χ1v) is 11.6. The highest BCUT2D eigenvalue weighted by atomic mass is 79.9. The summed E-state index contributed by atoms with van der Waals surface area (Å²) in [5.74, 6) is -1.14. The molecule has 0 unspecified atom stereocenters. The Kier molecular flexibility index (Phi) is 5.86. The van der Waals surface area contributed by atoms with Crippen LogP contribution in [0.15, 0.2) is 112 Å². The highest BCUT2D eigenvalue weighted by Crippen LogP contribution is 2.33. The highest BCUT2D eigenvalue weighted by molar-refractivity contribution is 9.10. The molecule has 4 aromatic carbocycles. The Balaban J connectivity index is 1.83. The van der Waals surface area contributed by atoms with E-state index >= 15 is 0 Å². The molecule has 0 aliphatic carbocycles. The molecule has 0 atom stereocenters. The topological polar surface area (TPSA) is 59.3 Å². The Hall–Kier alpha value is -3.96. The number of nitrogens with zero attached hydrogens (tertiary/aromatic N) is 1. The van der Waals surface area contributed by atoms with Crippen molar-refractivity contribution in [2.75, 3.05) is 0 Å². The molecule has 4 nitrogen and oxygen atoms in total. The number of hydrogen-bond donors (Lipinski definition) is 1. The number of rotatable bonds is 5. The van der Waals surface area contributed by atoms with E-state index in [-0.39, 0.29) is 17.8 Å². The highest BCUT2D eigenvalue weighted by Gasteiger charge is 2.24. The molecule has 0 radical (unpaired) electrons. The van der Waals surface area contributed by atoms with Crippen molar-refractivity contribution < 1.29 is 9.90 Å². The van der Waals surface area contributed by atoms with Crippen molar-refractivity contribution in [3.63, 3.8) is 0 Å². The van der Waals surface area contributed by atoms with Crippen LogP contribution in [0.4, 0.5) is 0 Å². The first-order chi connectivity index (χ1) is 16.5. The third kappa shape index (κ3) is 3.95. The van der Waals surface area contributed by atoms with E-state index in [9.17, 15) is 14.7 Å². The molecule has 5 rings (SSSR count). The Morgan fingerprint density at radius 2 is 1.38 bits per heavy atom. The van der Waals surface area contributed by atoms with Gasteiger partial charge in [-0.3, -0.25) is 9.36 Å². The molecule has 166 valence electrons. The molecular formula is C29H20BrNO3. The third-order valence-electron chi connectivity index (χ3n) is 5.93. The lowest BCUT2D eigenvalue weighted by Crippen LogP contribution is -2.28. The quantitative estimate of drug-likeness (QED) is 0.282. The molecular weight excluding hydrogens is 490 g/mol. The van der Waals surface area contributed by atoms with E-state index in [2.05, 4.69) is 15.9 Å². The SMILES string of the molecule is O=C(O)c1c(-c2ccccc2)c2cc(Br)ccc2c(=O)n1Cc1ccccc1-c1ccccc1. The first-order valence-electron chi connectivity index (χ1n) is 10.8. The van der Waals surface area contributed by atoms with Gasteiger partial charge in [0.25, 0.3) is 5.56 Å². The summed E-state index contributed by atoms with van der Waals surface area (Å²) in [4.78, 5) is 26.4. The zero-order valence-electron chi connectivity index (χ0n) is 18.1. The molecule has 1 N–H and O–H groups in total. The van der Waals surface area contributed by atoms with Gasteiger partial charge in [0.05, 0.1) is 6.54 Å². The first kappa shape index (κ1) is 21.9. The summed E-state index contributed by atoms with van der Waals surface area (Å²) in [6.07, 6.45) is 0. The van der Waals surface area contributed by atoms with Crippen LogP contribution in [0.25, 0.3) is 33.0 Å². The summed E-state index contributed by atoms with van der Waals surface area (Å²) < 4.78 is 2.17. The zero-order valence-corrected chi connectivity index (χ0v) is 19.7. The lowest BCUT2D eigenvalue weighted by atomic mass is 9.95. The fraction of sp³-hybridized carbons (Fsp3) is 0.0345. The Labute approximate surface area is 204 Å². The molecule has 0 fully saturated rings. The van der Waals surface area contributed by atoms with Crippen LogP contribution >= 0.6 is 15.9 Å². The third-order valence-corrected chi connectivity index (χ3v) is 6.42. The average Bonchev–Trinajstić information content (AvgIpc) is 2.86. The van der Waals surface area contributed by atoms with E-state index in [0.29, 0.717) is 16.3 Å². The summed E-state index contributed by atoms with van der Waals surface area (Å²) >= 11 is 3.48. The van der Waals surface area contributed by atoms with Gasteiger partial charge in [0, 0.05) is 15.4 Å². The van der Waals surface area contributed by atoms with Crippen LogP contribution in [0, 0.1) is 0 Å². The monoisotopic (exact) mass is 509 g/mol. The Morgan fingerprint density at radius 3 is 2.06 bits per heavy atom. The van der Waals surface area contributed by atoms with Crippen LogP contribution < -0.4 is 5.56 Å². The van der Waals surface area contributed by atoms with E-state index in [0.717, 1.165) is 26.7 Å². The molecule has 5 aromatic rings. The van der Waals surface area contributed by atoms with Gasteiger partial charge in [-0.15, -0.1) is 0 Å². The molecule has 0 spiro atoms. The van der Waals surface area contributed by atoms with Crippen LogP contribution in [0.3, 0.4) is 0 Å². The standard InChI is InChI=1S/C29H20BrNO3/c30-22-15-16-24-25(17-22)26(20-11-5-2-6-12-20)27(29(33)34)31(28(24)32)18-21-13-7-8-14-23(21)19-9-3-1-4-10-19/h1-17H,18H2,(H,33,34). The molecule has 5 heteroatoms. The van der Waals surface area contributed by atoms with Crippen molar-refractivity contribution in [3.8, 4) is 22.3 Å². The van der Waals surface area contributed by atoms with Gasteiger partial charge in [0.15, 0.2) is 0 Å². The summed E-state index contributed by atoms with van der Waals surface area (Å²) in [6, 6.07) is 32.4. The average molecular weight is 510 g/mol. The van der Waals surface area contributed by atoms with E-state index < -0.39 is 5.97 Å². The van der Waals surface area contributed by atoms with Gasteiger partial charge in [-0.2, -0.15) is 0 Å². The fourth-order valence-corrected chi connectivity index (χ4v) is 4.78. The van der Waals surface area contributed by atoms with Crippen molar-refractivity contribution in [3.05, 3.63) is 129 Å². The van der Waals surface area contributed by atoms with Crippen LogP contribution in [0.5, 0.6) is 0 Å². The molecule has 1 heterocycles. The number of pyridine rings is 1. The predicted molar refractivity (Wildman–Crippen MR) is 139 cm³/mol. The maximum absolute atomic E-state index is 13.7. The molecule has 0 saturated heterocycles. The van der Waals surface area contributed by atoms with Crippen LogP contribution in [0.1, 0.15) is 16.1 Å². The number of carboxylic acids is 1. The second-order valence-corrected chi connectivity index (χ2v) is 8.91. The van der Waals surface area contributed by atoms with Gasteiger partial charge < -0.3 is 5.11 Å². The van der Waals surface area contributed by atoms with E-state index in [1.54, 1.807) is 12.1 Å². The van der Waals surface area contributed by atoms with E-state index in [1.807, 2.05) is 91.0 Å². The molecule has 0 amide bonds. The fourth-order valence-electron chi connectivity index (χ4n) is 4.42. The van der Waals surface area contributed by atoms with Crippen LogP contribution in [0.2, 0.25) is 0 Å². The summed E-state index contributed by atoms with van der Waals surface area (Å²) in [7, 11) is 0. The van der Waals surface area contributed by atoms with Crippen molar-refractivity contribution in [2.24, 2.45) is 0 Å². The normalized spacial score (nSPS) is 11.0. The van der Waals surface area contributed by atoms with Gasteiger partial charge in [-0.1, -0.05) is 101 Å². The van der Waals surface area contributed by atoms with Gasteiger partial charge in [0.1, 0.15) is 5.69 Å². The molecule has 0 aliphatic heterocycles. The number of carboxylic acid groups (broad SMARTS) is 1. The summed E-state index contributed by atoms with van der Waals surface area (Å²) in [6.45, 7) is 0.136. The van der Waals surface area contributed by atoms with Gasteiger partial charge in [-0.25, -0.2) is 4.79 Å². The number of carbonyl (C=O) groups is 1. The van der Waals surface area contributed by atoms with E-state index in [4.69, 9.17) is 0 Å². The maximum Gasteiger partial charge on any atom is 0.353 e. The van der Waals surface area contributed by atoms with Gasteiger partial charge in [-0.05, 0) is 45.8 Å².